The first-order chi connectivity index (χ1) is 10.0. The summed E-state index contributed by atoms with van der Waals surface area (Å²) in [6.45, 7) is 1.89. The molecule has 0 aliphatic carbocycles. The topological polar surface area (TPSA) is 55.2 Å². The van der Waals surface area contributed by atoms with Crippen LogP contribution in [0.5, 0.6) is 0 Å². The van der Waals surface area contributed by atoms with E-state index in [4.69, 9.17) is 11.6 Å². The average Bonchev–Trinajstić information content (AvgIpc) is 2.90. The molecule has 1 aliphatic heterocycles. The molecule has 2 aromatic rings. The minimum atomic E-state index is -2.83. The normalized spacial score (nSPS) is 18.7. The van der Waals surface area contributed by atoms with Gasteiger partial charge in [-0.3, -0.25) is 4.90 Å². The van der Waals surface area contributed by atoms with Crippen LogP contribution in [0.2, 0.25) is 5.02 Å². The lowest BCUT2D eigenvalue weighted by Crippen LogP contribution is -2.39. The van der Waals surface area contributed by atoms with Crippen molar-refractivity contribution in [3.05, 3.63) is 47.2 Å². The minimum absolute atomic E-state index is 0.245. The third-order valence-electron chi connectivity index (χ3n) is 3.55. The molecule has 5 nitrogen and oxygen atoms in total. The van der Waals surface area contributed by atoms with Crippen molar-refractivity contribution in [2.75, 3.05) is 24.6 Å². The Kier molecular flexibility index (Phi) is 4.01. The monoisotopic (exact) mass is 325 g/mol. The van der Waals surface area contributed by atoms with Gasteiger partial charge in [0, 0.05) is 36.4 Å². The van der Waals surface area contributed by atoms with Crippen LogP contribution >= 0.6 is 11.6 Å². The van der Waals surface area contributed by atoms with Gasteiger partial charge in [0.25, 0.3) is 0 Å². The number of aromatic nitrogens is 2. The van der Waals surface area contributed by atoms with E-state index >= 15 is 0 Å². The van der Waals surface area contributed by atoms with Crippen LogP contribution < -0.4 is 0 Å². The molecule has 1 aliphatic rings. The molecule has 0 bridgehead atoms. The molecule has 21 heavy (non-hydrogen) atoms. The molecule has 0 spiro atoms. The first-order valence-corrected chi connectivity index (χ1v) is 8.94. The summed E-state index contributed by atoms with van der Waals surface area (Å²) in [5.41, 5.74) is 1.98. The van der Waals surface area contributed by atoms with Crippen molar-refractivity contribution in [3.63, 3.8) is 0 Å². The van der Waals surface area contributed by atoms with Crippen molar-refractivity contribution in [1.82, 2.24) is 14.7 Å². The van der Waals surface area contributed by atoms with Gasteiger partial charge in [0.15, 0.2) is 9.84 Å². The van der Waals surface area contributed by atoms with Gasteiger partial charge < -0.3 is 0 Å². The maximum absolute atomic E-state index is 11.4. The molecule has 0 amide bonds. The molecule has 2 heterocycles. The van der Waals surface area contributed by atoms with Gasteiger partial charge in [-0.25, -0.2) is 13.1 Å². The highest BCUT2D eigenvalue weighted by Gasteiger charge is 2.21. The van der Waals surface area contributed by atoms with Crippen LogP contribution in [-0.2, 0) is 16.4 Å². The number of benzene rings is 1. The lowest BCUT2D eigenvalue weighted by molar-refractivity contribution is 0.287. The molecule has 1 aromatic carbocycles. The van der Waals surface area contributed by atoms with Gasteiger partial charge in [0.1, 0.15) is 0 Å². The number of hydrogen-bond acceptors (Lipinski definition) is 4. The van der Waals surface area contributed by atoms with E-state index in [9.17, 15) is 8.42 Å². The van der Waals surface area contributed by atoms with Gasteiger partial charge in [-0.1, -0.05) is 17.7 Å². The molecule has 7 heteroatoms. The van der Waals surface area contributed by atoms with E-state index in [0.29, 0.717) is 18.1 Å². The quantitative estimate of drug-likeness (QED) is 0.863. The van der Waals surface area contributed by atoms with Gasteiger partial charge in [0.05, 0.1) is 23.4 Å². The van der Waals surface area contributed by atoms with Gasteiger partial charge >= 0.3 is 0 Å². The Morgan fingerprint density at radius 1 is 1.24 bits per heavy atom. The van der Waals surface area contributed by atoms with E-state index in [-0.39, 0.29) is 11.5 Å². The van der Waals surface area contributed by atoms with Gasteiger partial charge in [-0.15, -0.1) is 0 Å². The van der Waals surface area contributed by atoms with E-state index in [1.54, 1.807) is 4.68 Å². The van der Waals surface area contributed by atoms with Crippen LogP contribution in [0.15, 0.2) is 36.7 Å². The Morgan fingerprint density at radius 3 is 2.71 bits per heavy atom. The smallest absolute Gasteiger partial charge is 0.152 e. The molecule has 0 radical (unpaired) electrons. The highest BCUT2D eigenvalue weighted by Crippen LogP contribution is 2.16. The van der Waals surface area contributed by atoms with Crippen molar-refractivity contribution >= 4 is 21.4 Å². The summed E-state index contributed by atoms with van der Waals surface area (Å²) in [6.07, 6.45) is 3.76. The largest absolute Gasteiger partial charge is 0.297 e. The molecular formula is C14H16ClN3O2S. The Hall–Kier alpha value is -1.37. The molecule has 112 valence electrons. The second-order valence-corrected chi connectivity index (χ2v) is 7.94. The zero-order valence-corrected chi connectivity index (χ0v) is 13.0. The fourth-order valence-electron chi connectivity index (χ4n) is 2.37. The third kappa shape index (κ3) is 3.64. The predicted octanol–water partition coefficient (Wildman–Crippen LogP) is 1.76. The van der Waals surface area contributed by atoms with Crippen molar-refractivity contribution in [2.45, 2.75) is 6.54 Å². The zero-order chi connectivity index (χ0) is 14.9. The van der Waals surface area contributed by atoms with Crippen LogP contribution in [0, 0.1) is 0 Å². The van der Waals surface area contributed by atoms with Gasteiger partial charge in [-0.2, -0.15) is 5.10 Å². The maximum Gasteiger partial charge on any atom is 0.152 e. The van der Waals surface area contributed by atoms with E-state index in [0.717, 1.165) is 17.8 Å². The van der Waals surface area contributed by atoms with Crippen LogP contribution in [-0.4, -0.2) is 47.7 Å². The maximum atomic E-state index is 11.4. The van der Waals surface area contributed by atoms with Crippen molar-refractivity contribution < 1.29 is 8.42 Å². The van der Waals surface area contributed by atoms with Crippen LogP contribution in [0.4, 0.5) is 0 Å². The van der Waals surface area contributed by atoms with E-state index in [1.165, 1.54) is 0 Å². The molecule has 0 saturated carbocycles. The first kappa shape index (κ1) is 14.6. The van der Waals surface area contributed by atoms with Crippen molar-refractivity contribution in [2.24, 2.45) is 0 Å². The predicted molar refractivity (Wildman–Crippen MR) is 82.5 cm³/mol. The summed E-state index contributed by atoms with van der Waals surface area (Å²) >= 11 is 5.98. The standard InChI is InChI=1S/C14H16ClN3O2S/c15-13-2-1-3-14(8-13)18-11-12(9-16-18)10-17-4-6-21(19,20)7-5-17/h1-3,8-9,11H,4-7,10H2. The average molecular weight is 326 g/mol. The van der Waals surface area contributed by atoms with Crippen LogP contribution in [0.1, 0.15) is 5.56 Å². The summed E-state index contributed by atoms with van der Waals surface area (Å²) in [5, 5.41) is 5.01. The lowest BCUT2D eigenvalue weighted by atomic mass is 10.3. The summed E-state index contributed by atoms with van der Waals surface area (Å²) in [5.74, 6) is 0.491. The summed E-state index contributed by atoms with van der Waals surface area (Å²) < 4.78 is 24.6. The Balaban J connectivity index is 1.68. The summed E-state index contributed by atoms with van der Waals surface area (Å²) in [7, 11) is -2.83. The van der Waals surface area contributed by atoms with Crippen molar-refractivity contribution in [1.29, 1.82) is 0 Å². The molecule has 1 aromatic heterocycles. The number of hydrogen-bond donors (Lipinski definition) is 0. The summed E-state index contributed by atoms with van der Waals surface area (Å²) in [4.78, 5) is 2.14. The van der Waals surface area contributed by atoms with Crippen LogP contribution in [0.25, 0.3) is 5.69 Å². The van der Waals surface area contributed by atoms with Crippen LogP contribution in [0.3, 0.4) is 0 Å². The highest BCUT2D eigenvalue weighted by atomic mass is 35.5. The third-order valence-corrected chi connectivity index (χ3v) is 5.40. The second-order valence-electron chi connectivity index (χ2n) is 5.20. The Labute approximate surface area is 129 Å². The number of sulfone groups is 1. The molecule has 0 unspecified atom stereocenters. The summed E-state index contributed by atoms with van der Waals surface area (Å²) in [6, 6.07) is 7.50. The van der Waals surface area contributed by atoms with E-state index in [1.807, 2.05) is 36.7 Å². The minimum Gasteiger partial charge on any atom is -0.297 e. The molecule has 3 rings (SSSR count). The molecule has 1 saturated heterocycles. The Morgan fingerprint density at radius 2 is 2.00 bits per heavy atom. The van der Waals surface area contributed by atoms with Gasteiger partial charge in [0.2, 0.25) is 0 Å². The SMILES string of the molecule is O=S1(=O)CCN(Cc2cnn(-c3cccc(Cl)c3)c2)CC1. The van der Waals surface area contributed by atoms with Crippen molar-refractivity contribution in [3.8, 4) is 5.69 Å². The number of halogens is 1. The second kappa shape index (κ2) is 5.79. The fraction of sp³-hybridized carbons (Fsp3) is 0.357. The van der Waals surface area contributed by atoms with E-state index < -0.39 is 9.84 Å². The molecule has 1 fully saturated rings. The zero-order valence-electron chi connectivity index (χ0n) is 11.4. The Bertz CT molecular complexity index is 728. The number of rotatable bonds is 3. The van der Waals surface area contributed by atoms with Gasteiger partial charge in [-0.05, 0) is 18.2 Å². The molecule has 0 N–H and O–H groups in total. The van der Waals surface area contributed by atoms with E-state index in [2.05, 4.69) is 10.00 Å². The molecule has 0 atom stereocenters. The fourth-order valence-corrected chi connectivity index (χ4v) is 3.83. The highest BCUT2D eigenvalue weighted by molar-refractivity contribution is 7.91. The lowest BCUT2D eigenvalue weighted by Gasteiger charge is -2.25. The number of nitrogens with zero attached hydrogens (tertiary/aromatic N) is 3. The first-order valence-electron chi connectivity index (χ1n) is 6.74. The molecular weight excluding hydrogens is 310 g/mol.